The number of pyridine rings is 1. The summed E-state index contributed by atoms with van der Waals surface area (Å²) in [7, 11) is 1.55. The van der Waals surface area contributed by atoms with Gasteiger partial charge in [-0.15, -0.1) is 0 Å². The van der Waals surface area contributed by atoms with Gasteiger partial charge in [-0.05, 0) is 76.0 Å². The summed E-state index contributed by atoms with van der Waals surface area (Å²) in [4.78, 5) is 23.0. The quantitative estimate of drug-likeness (QED) is 0.252. The van der Waals surface area contributed by atoms with E-state index in [4.69, 9.17) is 25.5 Å². The SMILES string of the molecule is CNC(=O)c1cc(Oc2ccc3oc(Nc4ccc(Cl)c(OCC5CCN(C(C)C)CC5)c4)nc3c2)ccn1. The van der Waals surface area contributed by atoms with Crippen LogP contribution in [0.1, 0.15) is 37.2 Å². The third-order valence-corrected chi connectivity index (χ3v) is 7.13. The van der Waals surface area contributed by atoms with Crippen LogP contribution in [0.5, 0.6) is 17.2 Å². The number of hydrogen-bond donors (Lipinski definition) is 2. The number of aromatic nitrogens is 2. The van der Waals surface area contributed by atoms with Crippen molar-refractivity contribution in [1.29, 1.82) is 0 Å². The molecule has 2 aromatic heterocycles. The van der Waals surface area contributed by atoms with E-state index in [1.807, 2.05) is 12.1 Å². The molecule has 0 atom stereocenters. The Morgan fingerprint density at radius 3 is 2.69 bits per heavy atom. The van der Waals surface area contributed by atoms with E-state index < -0.39 is 0 Å². The maximum Gasteiger partial charge on any atom is 0.300 e. The number of likely N-dealkylation sites (tertiary alicyclic amines) is 1. The molecule has 1 aliphatic heterocycles. The van der Waals surface area contributed by atoms with Gasteiger partial charge in [-0.25, -0.2) is 0 Å². The molecule has 1 amide bonds. The zero-order valence-corrected chi connectivity index (χ0v) is 23.0. The summed E-state index contributed by atoms with van der Waals surface area (Å²) in [5.74, 6) is 1.91. The van der Waals surface area contributed by atoms with Crippen LogP contribution in [0.4, 0.5) is 11.7 Å². The largest absolute Gasteiger partial charge is 0.492 e. The van der Waals surface area contributed by atoms with E-state index in [9.17, 15) is 4.79 Å². The van der Waals surface area contributed by atoms with Crippen LogP contribution in [0.25, 0.3) is 11.1 Å². The minimum Gasteiger partial charge on any atom is -0.492 e. The number of fused-ring (bicyclic) bond motifs is 1. The number of rotatable bonds is 9. The van der Waals surface area contributed by atoms with E-state index in [-0.39, 0.29) is 11.6 Å². The summed E-state index contributed by atoms with van der Waals surface area (Å²) in [6.07, 6.45) is 3.77. The number of oxazole rings is 1. The van der Waals surface area contributed by atoms with Gasteiger partial charge in [0.05, 0.1) is 11.6 Å². The Morgan fingerprint density at radius 1 is 1.13 bits per heavy atom. The topological polar surface area (TPSA) is 102 Å². The number of piperidine rings is 1. The third-order valence-electron chi connectivity index (χ3n) is 6.82. The molecule has 39 heavy (non-hydrogen) atoms. The molecule has 3 heterocycles. The van der Waals surface area contributed by atoms with Crippen LogP contribution >= 0.6 is 11.6 Å². The van der Waals surface area contributed by atoms with Gasteiger partial charge in [-0.1, -0.05) is 11.6 Å². The first kappa shape index (κ1) is 26.8. The highest BCUT2D eigenvalue weighted by atomic mass is 35.5. The molecular weight excluding hydrogens is 518 g/mol. The molecular formula is C29H32ClN5O4. The second-order valence-corrected chi connectivity index (χ2v) is 10.3. The van der Waals surface area contributed by atoms with Crippen molar-refractivity contribution < 1.29 is 18.7 Å². The molecule has 204 valence electrons. The maximum atomic E-state index is 11.9. The predicted molar refractivity (Wildman–Crippen MR) is 151 cm³/mol. The van der Waals surface area contributed by atoms with E-state index in [0.29, 0.717) is 58.0 Å². The molecule has 2 aromatic carbocycles. The van der Waals surface area contributed by atoms with E-state index in [1.54, 1.807) is 43.4 Å². The number of amides is 1. The first-order valence-electron chi connectivity index (χ1n) is 13.1. The summed E-state index contributed by atoms with van der Waals surface area (Å²) < 4.78 is 17.9. The first-order valence-corrected chi connectivity index (χ1v) is 13.5. The normalized spacial score (nSPS) is 14.5. The molecule has 0 bridgehead atoms. The second-order valence-electron chi connectivity index (χ2n) is 9.86. The first-order chi connectivity index (χ1) is 18.9. The molecule has 0 unspecified atom stereocenters. The number of benzene rings is 2. The molecule has 0 radical (unpaired) electrons. The number of anilines is 2. The standard InChI is InChI=1S/C29H32ClN5O4/c1-18(2)35-12-9-19(10-13-35)17-37-27-14-20(4-6-23(27)30)33-29-34-24-15-21(5-7-26(24)39-29)38-22-8-11-32-25(16-22)28(36)31-3/h4-8,11,14-16,18-19H,9-10,12-13,17H2,1-3H3,(H,31,36)(H,33,34). The van der Waals surface area contributed by atoms with Gasteiger partial charge < -0.3 is 29.4 Å². The average molecular weight is 550 g/mol. The van der Waals surface area contributed by atoms with E-state index >= 15 is 0 Å². The van der Waals surface area contributed by atoms with Crippen molar-refractivity contribution in [1.82, 2.24) is 20.2 Å². The summed E-state index contributed by atoms with van der Waals surface area (Å²) in [5, 5.41) is 6.31. The minimum atomic E-state index is -0.286. The van der Waals surface area contributed by atoms with Crippen LogP contribution in [-0.2, 0) is 0 Å². The molecule has 5 rings (SSSR count). The van der Waals surface area contributed by atoms with Crippen LogP contribution in [-0.4, -0.2) is 53.6 Å². The fraction of sp³-hybridized carbons (Fsp3) is 0.345. The highest BCUT2D eigenvalue weighted by Crippen LogP contribution is 2.32. The fourth-order valence-electron chi connectivity index (χ4n) is 4.55. The molecule has 1 saturated heterocycles. The highest BCUT2D eigenvalue weighted by molar-refractivity contribution is 6.32. The lowest BCUT2D eigenvalue weighted by atomic mass is 9.97. The molecule has 0 aliphatic carbocycles. The molecule has 4 aromatic rings. The van der Waals surface area contributed by atoms with E-state index in [0.717, 1.165) is 31.6 Å². The van der Waals surface area contributed by atoms with Crippen LogP contribution in [0.2, 0.25) is 5.02 Å². The average Bonchev–Trinajstić information content (AvgIpc) is 3.34. The Labute approximate surface area is 232 Å². The van der Waals surface area contributed by atoms with Gasteiger partial charge in [-0.3, -0.25) is 9.78 Å². The Balaban J connectivity index is 1.23. The Morgan fingerprint density at radius 2 is 1.92 bits per heavy atom. The van der Waals surface area contributed by atoms with Crippen molar-refractivity contribution in [2.45, 2.75) is 32.7 Å². The van der Waals surface area contributed by atoms with Crippen molar-refractivity contribution in [3.05, 3.63) is 65.4 Å². The van der Waals surface area contributed by atoms with Gasteiger partial charge >= 0.3 is 0 Å². The van der Waals surface area contributed by atoms with Crippen LogP contribution in [0.15, 0.2) is 59.1 Å². The number of nitrogens with one attached hydrogen (secondary N) is 2. The molecule has 9 nitrogen and oxygen atoms in total. The lowest BCUT2D eigenvalue weighted by Gasteiger charge is -2.34. The van der Waals surface area contributed by atoms with Crippen molar-refractivity contribution in [2.75, 3.05) is 32.1 Å². The zero-order valence-electron chi connectivity index (χ0n) is 22.2. The van der Waals surface area contributed by atoms with Gasteiger partial charge in [0, 0.05) is 43.2 Å². The Hall–Kier alpha value is -3.82. The number of ether oxygens (including phenoxy) is 2. The van der Waals surface area contributed by atoms with Crippen LogP contribution in [0, 0.1) is 5.92 Å². The number of hydrogen-bond acceptors (Lipinski definition) is 8. The van der Waals surface area contributed by atoms with Gasteiger partial charge in [0.1, 0.15) is 28.5 Å². The molecule has 1 aliphatic rings. The lowest BCUT2D eigenvalue weighted by molar-refractivity contribution is 0.0958. The van der Waals surface area contributed by atoms with E-state index in [1.165, 1.54) is 6.20 Å². The smallest absolute Gasteiger partial charge is 0.300 e. The van der Waals surface area contributed by atoms with Gasteiger partial charge in [0.2, 0.25) is 0 Å². The van der Waals surface area contributed by atoms with Crippen molar-refractivity contribution in [3.8, 4) is 17.2 Å². The molecule has 0 saturated carbocycles. The molecule has 1 fully saturated rings. The van der Waals surface area contributed by atoms with Crippen molar-refractivity contribution in [2.24, 2.45) is 5.92 Å². The zero-order chi connectivity index (χ0) is 27.4. The van der Waals surface area contributed by atoms with Gasteiger partial charge in [-0.2, -0.15) is 4.98 Å². The molecule has 2 N–H and O–H groups in total. The second kappa shape index (κ2) is 11.9. The lowest BCUT2D eigenvalue weighted by Crippen LogP contribution is -2.39. The van der Waals surface area contributed by atoms with Crippen molar-refractivity contribution in [3.63, 3.8) is 0 Å². The summed E-state index contributed by atoms with van der Waals surface area (Å²) >= 11 is 6.43. The van der Waals surface area contributed by atoms with Gasteiger partial charge in [0.25, 0.3) is 11.9 Å². The molecule has 0 spiro atoms. The number of carbonyl (C=O) groups excluding carboxylic acids is 1. The fourth-order valence-corrected chi connectivity index (χ4v) is 4.72. The summed E-state index contributed by atoms with van der Waals surface area (Å²) in [6, 6.07) is 15.0. The highest BCUT2D eigenvalue weighted by Gasteiger charge is 2.21. The molecule has 10 heteroatoms. The van der Waals surface area contributed by atoms with Crippen LogP contribution < -0.4 is 20.1 Å². The van der Waals surface area contributed by atoms with Gasteiger partial charge in [0.15, 0.2) is 5.58 Å². The number of halogens is 1. The summed E-state index contributed by atoms with van der Waals surface area (Å²) in [6.45, 7) is 7.33. The Kier molecular flexibility index (Phi) is 8.18. The maximum absolute atomic E-state index is 11.9. The van der Waals surface area contributed by atoms with E-state index in [2.05, 4.69) is 39.3 Å². The monoisotopic (exact) mass is 549 g/mol. The van der Waals surface area contributed by atoms with Crippen LogP contribution in [0.3, 0.4) is 0 Å². The number of carbonyl (C=O) groups is 1. The predicted octanol–water partition coefficient (Wildman–Crippen LogP) is 6.27. The van der Waals surface area contributed by atoms with Crippen molar-refractivity contribution >= 4 is 40.3 Å². The Bertz CT molecular complexity index is 1450. The number of nitrogens with zero attached hydrogens (tertiary/aromatic N) is 3. The minimum absolute atomic E-state index is 0.270. The summed E-state index contributed by atoms with van der Waals surface area (Å²) in [5.41, 5.74) is 2.25. The third kappa shape index (κ3) is 6.61.